The van der Waals surface area contributed by atoms with Gasteiger partial charge < -0.3 is 19.7 Å². The Morgan fingerprint density at radius 1 is 1.44 bits per heavy atom. The van der Waals surface area contributed by atoms with Gasteiger partial charge in [0, 0.05) is 13.2 Å². The Bertz CT molecular complexity index is 409. The molecule has 0 fully saturated rings. The number of aliphatic hydroxyl groups is 2. The number of ether oxygens (including phenoxy) is 2. The molecule has 7 heteroatoms. The Balaban J connectivity index is 2.80. The highest BCUT2D eigenvalue weighted by molar-refractivity contribution is 5.48. The number of hydrogen-bond donors (Lipinski definition) is 2. The van der Waals surface area contributed by atoms with Crippen LogP contribution in [0, 0.1) is 10.1 Å². The van der Waals surface area contributed by atoms with E-state index in [2.05, 4.69) is 0 Å². The molecule has 0 aliphatic heterocycles. The van der Waals surface area contributed by atoms with Crippen LogP contribution in [-0.4, -0.2) is 41.6 Å². The second-order valence-corrected chi connectivity index (χ2v) is 3.64. The summed E-state index contributed by atoms with van der Waals surface area (Å²) in [5, 5.41) is 29.1. The molecular formula is C11H15NO6. The molecule has 1 aromatic rings. The van der Waals surface area contributed by atoms with Crippen molar-refractivity contribution in [1.82, 2.24) is 0 Å². The van der Waals surface area contributed by atoms with Crippen LogP contribution in [0.15, 0.2) is 18.2 Å². The van der Waals surface area contributed by atoms with Crippen LogP contribution in [0.5, 0.6) is 5.75 Å². The topological polar surface area (TPSA) is 102 Å². The van der Waals surface area contributed by atoms with Crippen molar-refractivity contribution in [2.45, 2.75) is 12.7 Å². The van der Waals surface area contributed by atoms with Gasteiger partial charge in [-0.15, -0.1) is 0 Å². The van der Waals surface area contributed by atoms with Gasteiger partial charge in [-0.3, -0.25) is 10.1 Å². The summed E-state index contributed by atoms with van der Waals surface area (Å²) in [4.78, 5) is 10.2. The Labute approximate surface area is 104 Å². The third-order valence-electron chi connectivity index (χ3n) is 2.19. The molecule has 0 saturated carbocycles. The summed E-state index contributed by atoms with van der Waals surface area (Å²) < 4.78 is 9.88. The number of nitro groups is 1. The SMILES string of the molecule is COCC(O)COc1cc(CO)ccc1[N+](=O)[O-]. The van der Waals surface area contributed by atoms with Gasteiger partial charge in [-0.1, -0.05) is 0 Å². The number of hydrogen-bond acceptors (Lipinski definition) is 6. The lowest BCUT2D eigenvalue weighted by molar-refractivity contribution is -0.386. The van der Waals surface area contributed by atoms with E-state index in [9.17, 15) is 15.2 Å². The second-order valence-electron chi connectivity index (χ2n) is 3.64. The highest BCUT2D eigenvalue weighted by atomic mass is 16.6. The summed E-state index contributed by atoms with van der Waals surface area (Å²) in [6.07, 6.45) is -0.868. The minimum Gasteiger partial charge on any atom is -0.484 e. The van der Waals surface area contributed by atoms with E-state index >= 15 is 0 Å². The molecule has 0 aromatic heterocycles. The van der Waals surface area contributed by atoms with Crippen molar-refractivity contribution < 1.29 is 24.6 Å². The molecule has 0 aliphatic rings. The van der Waals surface area contributed by atoms with Crippen molar-refractivity contribution in [3.63, 3.8) is 0 Å². The molecule has 1 unspecified atom stereocenters. The minimum atomic E-state index is -0.868. The first kappa shape index (κ1) is 14.4. The lowest BCUT2D eigenvalue weighted by Gasteiger charge is -2.12. The molecule has 0 radical (unpaired) electrons. The van der Waals surface area contributed by atoms with Crippen molar-refractivity contribution in [3.05, 3.63) is 33.9 Å². The van der Waals surface area contributed by atoms with Gasteiger partial charge in [-0.05, 0) is 17.7 Å². The largest absolute Gasteiger partial charge is 0.484 e. The zero-order valence-corrected chi connectivity index (χ0v) is 9.91. The molecule has 0 aliphatic carbocycles. The van der Waals surface area contributed by atoms with Crippen LogP contribution in [0.25, 0.3) is 0 Å². The summed E-state index contributed by atoms with van der Waals surface area (Å²) in [6, 6.07) is 4.07. The number of rotatable bonds is 7. The molecule has 1 rings (SSSR count). The summed E-state index contributed by atoms with van der Waals surface area (Å²) >= 11 is 0. The van der Waals surface area contributed by atoms with Gasteiger partial charge in [0.1, 0.15) is 12.7 Å². The molecule has 2 N–H and O–H groups in total. The third-order valence-corrected chi connectivity index (χ3v) is 2.19. The van der Waals surface area contributed by atoms with Crippen molar-refractivity contribution in [1.29, 1.82) is 0 Å². The van der Waals surface area contributed by atoms with Crippen molar-refractivity contribution in [3.8, 4) is 5.75 Å². The molecule has 0 amide bonds. The lowest BCUT2D eigenvalue weighted by atomic mass is 10.2. The van der Waals surface area contributed by atoms with E-state index in [-0.39, 0.29) is 31.3 Å². The summed E-state index contributed by atoms with van der Waals surface area (Å²) in [6.45, 7) is -0.286. The number of methoxy groups -OCH3 is 1. The van der Waals surface area contributed by atoms with Crippen LogP contribution in [-0.2, 0) is 11.3 Å². The van der Waals surface area contributed by atoms with Crippen LogP contribution in [0.2, 0.25) is 0 Å². The monoisotopic (exact) mass is 257 g/mol. The zero-order chi connectivity index (χ0) is 13.5. The molecule has 1 aromatic carbocycles. The third kappa shape index (κ3) is 3.95. The lowest BCUT2D eigenvalue weighted by Crippen LogP contribution is -2.22. The first-order chi connectivity index (χ1) is 8.58. The second kappa shape index (κ2) is 6.90. The predicted molar refractivity (Wildman–Crippen MR) is 62.4 cm³/mol. The molecule has 0 heterocycles. The number of benzene rings is 1. The van der Waals surface area contributed by atoms with Gasteiger partial charge in [-0.2, -0.15) is 0 Å². The highest BCUT2D eigenvalue weighted by Crippen LogP contribution is 2.28. The fourth-order valence-electron chi connectivity index (χ4n) is 1.35. The molecule has 0 bridgehead atoms. The van der Waals surface area contributed by atoms with Crippen molar-refractivity contribution in [2.24, 2.45) is 0 Å². The van der Waals surface area contributed by atoms with Crippen molar-refractivity contribution >= 4 is 5.69 Å². The Hall–Kier alpha value is -1.70. The van der Waals surface area contributed by atoms with Crippen LogP contribution < -0.4 is 4.74 Å². The molecular weight excluding hydrogens is 242 g/mol. The fraction of sp³-hybridized carbons (Fsp3) is 0.455. The molecule has 7 nitrogen and oxygen atoms in total. The van der Waals surface area contributed by atoms with E-state index in [4.69, 9.17) is 14.6 Å². The molecule has 0 saturated heterocycles. The Morgan fingerprint density at radius 2 is 2.17 bits per heavy atom. The van der Waals surface area contributed by atoms with E-state index in [0.29, 0.717) is 5.56 Å². The van der Waals surface area contributed by atoms with Gasteiger partial charge in [0.25, 0.3) is 0 Å². The van der Waals surface area contributed by atoms with E-state index in [0.717, 1.165) is 0 Å². The van der Waals surface area contributed by atoms with Crippen LogP contribution in [0.4, 0.5) is 5.69 Å². The van der Waals surface area contributed by atoms with Gasteiger partial charge >= 0.3 is 5.69 Å². The summed E-state index contributed by atoms with van der Waals surface area (Å²) in [7, 11) is 1.43. The molecule has 1 atom stereocenters. The molecule has 100 valence electrons. The maximum atomic E-state index is 10.8. The van der Waals surface area contributed by atoms with Crippen LogP contribution in [0.3, 0.4) is 0 Å². The average Bonchev–Trinajstić information content (AvgIpc) is 2.36. The maximum Gasteiger partial charge on any atom is 0.310 e. The maximum absolute atomic E-state index is 10.8. The number of aliphatic hydroxyl groups excluding tert-OH is 2. The highest BCUT2D eigenvalue weighted by Gasteiger charge is 2.16. The number of nitro benzene ring substituents is 1. The Morgan fingerprint density at radius 3 is 2.72 bits per heavy atom. The van der Waals surface area contributed by atoms with Gasteiger partial charge in [0.05, 0.1) is 18.1 Å². The van der Waals surface area contributed by atoms with Crippen LogP contribution >= 0.6 is 0 Å². The van der Waals surface area contributed by atoms with Gasteiger partial charge in [0.15, 0.2) is 5.75 Å². The van der Waals surface area contributed by atoms with E-state index < -0.39 is 11.0 Å². The first-order valence-corrected chi connectivity index (χ1v) is 5.26. The zero-order valence-electron chi connectivity index (χ0n) is 9.91. The summed E-state index contributed by atoms with van der Waals surface area (Å²) in [5.74, 6) is 0.0155. The normalized spacial score (nSPS) is 12.2. The predicted octanol–water partition coefficient (Wildman–Crippen LogP) is 0.473. The summed E-state index contributed by atoms with van der Waals surface area (Å²) in [5.41, 5.74) is 0.286. The van der Waals surface area contributed by atoms with Crippen molar-refractivity contribution in [2.75, 3.05) is 20.3 Å². The van der Waals surface area contributed by atoms with E-state index in [1.165, 1.54) is 25.3 Å². The van der Waals surface area contributed by atoms with Gasteiger partial charge in [0.2, 0.25) is 0 Å². The molecule has 18 heavy (non-hydrogen) atoms. The number of nitrogens with zero attached hydrogens (tertiary/aromatic N) is 1. The minimum absolute atomic E-state index is 0.0155. The standard InChI is InChI=1S/C11H15NO6/c1-17-6-9(14)7-18-11-4-8(5-13)2-3-10(11)12(15)16/h2-4,9,13-14H,5-7H2,1H3. The fourth-order valence-corrected chi connectivity index (χ4v) is 1.35. The smallest absolute Gasteiger partial charge is 0.310 e. The van der Waals surface area contributed by atoms with Gasteiger partial charge in [-0.25, -0.2) is 0 Å². The van der Waals surface area contributed by atoms with E-state index in [1.807, 2.05) is 0 Å². The molecule has 0 spiro atoms. The quantitative estimate of drug-likeness (QED) is 0.544. The van der Waals surface area contributed by atoms with E-state index in [1.54, 1.807) is 0 Å². The van der Waals surface area contributed by atoms with Crippen LogP contribution in [0.1, 0.15) is 5.56 Å². The Kier molecular flexibility index (Phi) is 5.50. The first-order valence-electron chi connectivity index (χ1n) is 5.26. The average molecular weight is 257 g/mol.